The van der Waals surface area contributed by atoms with Crippen LogP contribution in [0.15, 0.2) is 153 Å². The van der Waals surface area contributed by atoms with Crippen molar-refractivity contribution in [1.29, 1.82) is 0 Å². The summed E-state index contributed by atoms with van der Waals surface area (Å²) in [6, 6.07) is 51.9. The summed E-state index contributed by atoms with van der Waals surface area (Å²) in [7, 11) is -1.51. The van der Waals surface area contributed by atoms with Crippen LogP contribution in [0.1, 0.15) is 28.4 Å². The minimum atomic E-state index is -1.51. The molecule has 0 fully saturated rings. The molecule has 9 rings (SSSR count). The minimum Gasteiger partial charge on any atom is -0.501 e. The molecule has 0 amide bonds. The van der Waals surface area contributed by atoms with E-state index in [4.69, 9.17) is 13.8 Å². The first-order valence-electron chi connectivity index (χ1n) is 16.9. The van der Waals surface area contributed by atoms with Crippen molar-refractivity contribution in [2.24, 2.45) is 4.99 Å². The molecule has 51 heavy (non-hydrogen) atoms. The number of hydrogen-bond donors (Lipinski definition) is 0. The summed E-state index contributed by atoms with van der Waals surface area (Å²) in [5, 5.41) is 3.55. The molecule has 5 aromatic carbocycles. The zero-order valence-corrected chi connectivity index (χ0v) is 32.3. The summed E-state index contributed by atoms with van der Waals surface area (Å²) in [6.07, 6.45) is 2.02. The topological polar surface area (TPSA) is 51.5 Å². The van der Waals surface area contributed by atoms with E-state index in [2.05, 4.69) is 97.4 Å². The number of pyridine rings is 1. The Kier molecular flexibility index (Phi) is 9.58. The van der Waals surface area contributed by atoms with Crippen molar-refractivity contribution >= 4 is 46.6 Å². The van der Waals surface area contributed by atoms with Gasteiger partial charge in [0.1, 0.15) is 17.1 Å². The molecule has 0 spiro atoms. The fourth-order valence-electron chi connectivity index (χ4n) is 6.78. The predicted octanol–water partition coefficient (Wildman–Crippen LogP) is 11.3. The third-order valence-electron chi connectivity index (χ3n) is 9.19. The van der Waals surface area contributed by atoms with Gasteiger partial charge in [0.05, 0.1) is 19.3 Å². The van der Waals surface area contributed by atoms with E-state index in [9.17, 15) is 0 Å². The summed E-state index contributed by atoms with van der Waals surface area (Å²) in [5.74, 6) is 1.93. The van der Waals surface area contributed by atoms with Crippen LogP contribution in [0.4, 0.5) is 5.69 Å². The molecule has 6 heteroatoms. The zero-order chi connectivity index (χ0) is 34.2. The van der Waals surface area contributed by atoms with E-state index in [1.54, 1.807) is 0 Å². The SMILES string of the molecule is Cc1ccc(-c2cc(-c3[c-]cccc3)ncc2[Si](C)(C)C)o1.[Ir].[c-]1ccc2c(oc3ccccc32)c1C1=Nc2ccccc2C1c1ccccc1. The molecule has 4 heterocycles. The summed E-state index contributed by atoms with van der Waals surface area (Å²) in [5.41, 5.74) is 10.3. The molecule has 0 N–H and O–H groups in total. The second-order valence-corrected chi connectivity index (χ2v) is 18.7. The third kappa shape index (κ3) is 6.71. The van der Waals surface area contributed by atoms with Crippen LogP contribution in [-0.2, 0) is 20.1 Å². The fraction of sp³-hybridized carbons (Fsp3) is 0.111. The van der Waals surface area contributed by atoms with Gasteiger partial charge in [-0.15, -0.1) is 54.1 Å². The van der Waals surface area contributed by atoms with Gasteiger partial charge in [-0.2, -0.15) is 0 Å². The van der Waals surface area contributed by atoms with E-state index in [1.807, 2.05) is 85.9 Å². The Morgan fingerprint density at radius 3 is 2.24 bits per heavy atom. The van der Waals surface area contributed by atoms with Crippen molar-refractivity contribution in [2.45, 2.75) is 32.5 Å². The predicted molar refractivity (Wildman–Crippen MR) is 207 cm³/mol. The van der Waals surface area contributed by atoms with Gasteiger partial charge in [0.15, 0.2) is 0 Å². The van der Waals surface area contributed by atoms with Gasteiger partial charge >= 0.3 is 0 Å². The normalized spacial score (nSPS) is 13.6. The summed E-state index contributed by atoms with van der Waals surface area (Å²) in [6.45, 7) is 8.97. The molecular weight excluding hydrogens is 821 g/mol. The molecule has 0 saturated heterocycles. The van der Waals surface area contributed by atoms with Crippen LogP contribution >= 0.6 is 0 Å². The van der Waals surface area contributed by atoms with Crippen LogP contribution in [0, 0.1) is 19.1 Å². The number of para-hydroxylation sites is 2. The second kappa shape index (κ2) is 14.2. The molecule has 1 aliphatic heterocycles. The van der Waals surface area contributed by atoms with E-state index >= 15 is 0 Å². The number of fused-ring (bicyclic) bond motifs is 4. The van der Waals surface area contributed by atoms with Crippen LogP contribution < -0.4 is 5.19 Å². The number of hydrogen-bond acceptors (Lipinski definition) is 4. The zero-order valence-electron chi connectivity index (χ0n) is 28.9. The van der Waals surface area contributed by atoms with Crippen molar-refractivity contribution in [2.75, 3.05) is 0 Å². The molecule has 8 aromatic rings. The first-order valence-corrected chi connectivity index (χ1v) is 20.4. The van der Waals surface area contributed by atoms with Gasteiger partial charge in [-0.05, 0) is 58.9 Å². The summed E-state index contributed by atoms with van der Waals surface area (Å²) in [4.78, 5) is 9.70. The Morgan fingerprint density at radius 2 is 1.47 bits per heavy atom. The average molecular weight is 857 g/mol. The fourth-order valence-corrected chi connectivity index (χ4v) is 8.23. The number of nitrogens with zero attached hydrogens (tertiary/aromatic N) is 2. The molecule has 4 nitrogen and oxygen atoms in total. The Morgan fingerprint density at radius 1 is 0.706 bits per heavy atom. The number of benzene rings is 5. The van der Waals surface area contributed by atoms with E-state index in [-0.39, 0.29) is 26.0 Å². The Labute approximate surface area is 313 Å². The Balaban J connectivity index is 0.000000161. The van der Waals surface area contributed by atoms with E-state index < -0.39 is 8.07 Å². The summed E-state index contributed by atoms with van der Waals surface area (Å²) < 4.78 is 12.1. The second-order valence-electron chi connectivity index (χ2n) is 13.6. The molecule has 3 aromatic heterocycles. The number of furan rings is 2. The summed E-state index contributed by atoms with van der Waals surface area (Å²) >= 11 is 0. The van der Waals surface area contributed by atoms with Gasteiger partial charge in [0, 0.05) is 43.2 Å². The van der Waals surface area contributed by atoms with Gasteiger partial charge in [0.2, 0.25) is 0 Å². The maximum Gasteiger partial charge on any atom is 0.133 e. The van der Waals surface area contributed by atoms with Gasteiger partial charge in [-0.25, -0.2) is 0 Å². The molecule has 1 unspecified atom stereocenters. The van der Waals surface area contributed by atoms with Crippen molar-refractivity contribution in [3.63, 3.8) is 0 Å². The molecule has 1 aliphatic rings. The number of aromatic nitrogens is 1. The Bertz CT molecular complexity index is 2490. The van der Waals surface area contributed by atoms with Gasteiger partial charge in [-0.1, -0.05) is 103 Å². The van der Waals surface area contributed by atoms with Crippen LogP contribution in [0.3, 0.4) is 0 Å². The van der Waals surface area contributed by atoms with Crippen molar-refractivity contribution in [1.82, 2.24) is 4.98 Å². The van der Waals surface area contributed by atoms with Gasteiger partial charge < -0.3 is 13.8 Å². The largest absolute Gasteiger partial charge is 0.501 e. The first kappa shape index (κ1) is 34.3. The number of aliphatic imine (C=N–C) groups is 1. The van der Waals surface area contributed by atoms with Crippen molar-refractivity contribution in [3.05, 3.63) is 174 Å². The maximum atomic E-state index is 6.27. The standard InChI is InChI=1S/C26H16NO.C19H20NOSi.Ir/c1-2-9-17(10-3-1)24-20-12-4-6-15-22(20)27-25(24)21-14-8-13-19-18-11-5-7-16-23(18)28-26(19)21;1-14-10-11-18(21-14)16-12-17(15-8-6-5-7-9-15)20-13-19(16)22(2,3)4;/h1-13,15-16,24H;5-8,10-13H,1-4H3;/q2*-1;. The van der Waals surface area contributed by atoms with Crippen LogP contribution in [-0.4, -0.2) is 18.8 Å². The molecule has 1 radical (unpaired) electrons. The molecule has 253 valence electrons. The molecule has 1 atom stereocenters. The molecule has 0 saturated carbocycles. The minimum absolute atomic E-state index is 0. The van der Waals surface area contributed by atoms with E-state index in [0.29, 0.717) is 0 Å². The van der Waals surface area contributed by atoms with E-state index in [0.717, 1.165) is 67.2 Å². The average Bonchev–Trinajstić information content (AvgIpc) is 3.87. The molecule has 0 bridgehead atoms. The third-order valence-corrected chi connectivity index (χ3v) is 11.2. The number of aryl methyl sites for hydroxylation is 1. The quantitative estimate of drug-likeness (QED) is 0.128. The molecular formula is C45H36IrN2O2Si-2. The van der Waals surface area contributed by atoms with Crippen molar-refractivity contribution in [3.8, 4) is 22.6 Å². The number of rotatable bonds is 5. The Hall–Kier alpha value is -5.13. The van der Waals surface area contributed by atoms with Crippen molar-refractivity contribution < 1.29 is 28.9 Å². The maximum absolute atomic E-state index is 6.27. The van der Waals surface area contributed by atoms with Crippen LogP contribution in [0.5, 0.6) is 0 Å². The monoisotopic (exact) mass is 857 g/mol. The van der Waals surface area contributed by atoms with Crippen LogP contribution in [0.25, 0.3) is 44.5 Å². The smallest absolute Gasteiger partial charge is 0.133 e. The molecule has 0 aliphatic carbocycles. The van der Waals surface area contributed by atoms with Crippen LogP contribution in [0.2, 0.25) is 19.6 Å². The first-order chi connectivity index (χ1) is 24.3. The van der Waals surface area contributed by atoms with Gasteiger partial charge in [-0.3, -0.25) is 4.99 Å². The van der Waals surface area contributed by atoms with E-state index in [1.165, 1.54) is 16.3 Å². The van der Waals surface area contributed by atoms with Gasteiger partial charge in [0.25, 0.3) is 0 Å².